The summed E-state index contributed by atoms with van der Waals surface area (Å²) in [7, 11) is 0. The first-order chi connectivity index (χ1) is 18.6. The van der Waals surface area contributed by atoms with E-state index in [4.69, 9.17) is 15.0 Å². The molecule has 0 amide bonds. The normalized spacial score (nSPS) is 20.3. The molecule has 200 valence electrons. The Bertz CT molecular complexity index is 1300. The molecule has 38 heavy (non-hydrogen) atoms. The summed E-state index contributed by atoms with van der Waals surface area (Å²) in [5, 5.41) is 19.2. The van der Waals surface area contributed by atoms with Crippen LogP contribution in [0.1, 0.15) is 62.1 Å². The summed E-state index contributed by atoms with van der Waals surface area (Å²) in [6, 6.07) is 6.02. The Labute approximate surface area is 223 Å². The molecule has 0 bridgehead atoms. The Morgan fingerprint density at radius 1 is 1.03 bits per heavy atom. The van der Waals surface area contributed by atoms with Gasteiger partial charge >= 0.3 is 0 Å². The van der Waals surface area contributed by atoms with E-state index in [0.717, 1.165) is 106 Å². The molecule has 3 aliphatic rings. The largest absolute Gasteiger partial charge is 0.387 e. The highest BCUT2D eigenvalue weighted by Gasteiger charge is 2.27. The number of anilines is 3. The van der Waals surface area contributed by atoms with E-state index in [1.807, 2.05) is 12.1 Å². The fraction of sp³-hybridized carbons (Fsp3) is 0.536. The van der Waals surface area contributed by atoms with Gasteiger partial charge in [-0.3, -0.25) is 0 Å². The van der Waals surface area contributed by atoms with E-state index in [1.165, 1.54) is 12.0 Å². The van der Waals surface area contributed by atoms with Crippen LogP contribution in [-0.4, -0.2) is 74.1 Å². The molecular formula is C28H36N8O2. The third-order valence-corrected chi connectivity index (χ3v) is 8.03. The highest BCUT2D eigenvalue weighted by molar-refractivity contribution is 5.89. The van der Waals surface area contributed by atoms with Crippen LogP contribution in [0.5, 0.6) is 0 Å². The molecule has 2 saturated heterocycles. The van der Waals surface area contributed by atoms with Crippen molar-refractivity contribution in [3.8, 4) is 0 Å². The lowest BCUT2D eigenvalue weighted by Crippen LogP contribution is -2.49. The summed E-state index contributed by atoms with van der Waals surface area (Å²) in [6.07, 6.45) is 8.50. The number of hydrogen-bond acceptors (Lipinski definition) is 10. The van der Waals surface area contributed by atoms with Gasteiger partial charge in [0.15, 0.2) is 5.82 Å². The number of fused-ring (bicyclic) bond motifs is 2. The molecule has 0 spiro atoms. The maximum Gasteiger partial charge on any atom is 0.229 e. The van der Waals surface area contributed by atoms with Gasteiger partial charge < -0.3 is 20.1 Å². The Hall–Kier alpha value is -3.21. The van der Waals surface area contributed by atoms with Crippen LogP contribution < -0.4 is 10.2 Å². The highest BCUT2D eigenvalue weighted by Crippen LogP contribution is 2.30. The number of carbonyl (C=O) groups is 1. The SMILES string of the molecule is C[C@@H](O)c1cc2cnc(Nc3ccc4c(n3)CCN(N3CCC(C=O)CC3)C4)nc2c(N2CCCCC2)n1. The van der Waals surface area contributed by atoms with E-state index in [-0.39, 0.29) is 5.92 Å². The second-order valence-electron chi connectivity index (χ2n) is 10.7. The molecule has 6 heterocycles. The molecule has 3 aromatic heterocycles. The van der Waals surface area contributed by atoms with Crippen LogP contribution in [0.4, 0.5) is 17.6 Å². The number of aldehydes is 1. The maximum absolute atomic E-state index is 11.1. The molecule has 2 N–H and O–H groups in total. The lowest BCUT2D eigenvalue weighted by molar-refractivity contribution is -0.115. The lowest BCUT2D eigenvalue weighted by atomic mass is 9.99. The zero-order valence-electron chi connectivity index (χ0n) is 22.0. The van der Waals surface area contributed by atoms with Crippen molar-refractivity contribution in [2.24, 2.45) is 5.92 Å². The molecule has 0 saturated carbocycles. The molecule has 3 aliphatic heterocycles. The summed E-state index contributed by atoms with van der Waals surface area (Å²) in [6.45, 7) is 7.28. The molecule has 0 aromatic carbocycles. The molecular weight excluding hydrogens is 480 g/mol. The molecule has 0 radical (unpaired) electrons. The number of piperidine rings is 2. The van der Waals surface area contributed by atoms with E-state index in [1.54, 1.807) is 13.1 Å². The number of pyridine rings is 2. The first kappa shape index (κ1) is 25.1. The topological polar surface area (TPSA) is 111 Å². The van der Waals surface area contributed by atoms with Crippen molar-refractivity contribution in [2.75, 3.05) is 42.9 Å². The summed E-state index contributed by atoms with van der Waals surface area (Å²) in [4.78, 5) is 32.5. The van der Waals surface area contributed by atoms with Gasteiger partial charge in [-0.15, -0.1) is 0 Å². The van der Waals surface area contributed by atoms with Gasteiger partial charge in [0, 0.05) is 68.9 Å². The molecule has 2 fully saturated rings. The van der Waals surface area contributed by atoms with Crippen molar-refractivity contribution in [1.82, 2.24) is 30.0 Å². The van der Waals surface area contributed by atoms with Gasteiger partial charge in [0.2, 0.25) is 5.95 Å². The van der Waals surface area contributed by atoms with Crippen LogP contribution in [0.2, 0.25) is 0 Å². The van der Waals surface area contributed by atoms with Crippen molar-refractivity contribution in [1.29, 1.82) is 0 Å². The quantitative estimate of drug-likeness (QED) is 0.473. The molecule has 0 aliphatic carbocycles. The zero-order valence-corrected chi connectivity index (χ0v) is 22.0. The van der Waals surface area contributed by atoms with Crippen LogP contribution in [-0.2, 0) is 17.8 Å². The molecule has 3 aromatic rings. The minimum atomic E-state index is -0.653. The van der Waals surface area contributed by atoms with Gasteiger partial charge in [-0.05, 0) is 56.7 Å². The Balaban J connectivity index is 1.21. The van der Waals surface area contributed by atoms with Crippen molar-refractivity contribution in [2.45, 2.75) is 58.1 Å². The first-order valence-corrected chi connectivity index (χ1v) is 13.9. The minimum Gasteiger partial charge on any atom is -0.387 e. The number of aromatic nitrogens is 4. The number of aliphatic hydroxyl groups excluding tert-OH is 1. The standard InChI is InChI=1S/C28H36N8O2/c1-19(38)24-15-22-16-29-28(33-26(22)27(31-24)34-10-3-2-4-11-34)32-25-6-5-21-17-36(14-9-23(21)30-25)35-12-7-20(18-37)8-13-35/h5-6,15-16,18-20,38H,2-4,7-14,17H2,1H3,(H,29,30,32,33)/t19-/m1/s1. The maximum atomic E-state index is 11.1. The van der Waals surface area contributed by atoms with Crippen LogP contribution in [0.25, 0.3) is 10.9 Å². The monoisotopic (exact) mass is 516 g/mol. The molecule has 1 atom stereocenters. The van der Waals surface area contributed by atoms with Crippen molar-refractivity contribution in [3.63, 3.8) is 0 Å². The van der Waals surface area contributed by atoms with Crippen LogP contribution in [0.3, 0.4) is 0 Å². The van der Waals surface area contributed by atoms with Crippen molar-refractivity contribution < 1.29 is 9.90 Å². The third-order valence-electron chi connectivity index (χ3n) is 8.03. The summed E-state index contributed by atoms with van der Waals surface area (Å²) < 4.78 is 0. The van der Waals surface area contributed by atoms with Crippen molar-refractivity contribution >= 4 is 34.8 Å². The van der Waals surface area contributed by atoms with Gasteiger partial charge in [0.25, 0.3) is 0 Å². The number of rotatable bonds is 6. The number of nitrogens with zero attached hydrogens (tertiary/aromatic N) is 7. The second-order valence-corrected chi connectivity index (χ2v) is 10.7. The average molecular weight is 517 g/mol. The van der Waals surface area contributed by atoms with E-state index < -0.39 is 6.10 Å². The van der Waals surface area contributed by atoms with Gasteiger partial charge in [-0.2, -0.15) is 0 Å². The van der Waals surface area contributed by atoms with Crippen LogP contribution in [0, 0.1) is 5.92 Å². The summed E-state index contributed by atoms with van der Waals surface area (Å²) >= 11 is 0. The van der Waals surface area contributed by atoms with Gasteiger partial charge in [0.1, 0.15) is 17.6 Å². The zero-order chi connectivity index (χ0) is 26.1. The Kier molecular flexibility index (Phi) is 7.18. The van der Waals surface area contributed by atoms with E-state index >= 15 is 0 Å². The van der Waals surface area contributed by atoms with Gasteiger partial charge in [0.05, 0.1) is 11.8 Å². The molecule has 10 nitrogen and oxygen atoms in total. The predicted octanol–water partition coefficient (Wildman–Crippen LogP) is 3.39. The molecule has 10 heteroatoms. The number of nitrogens with one attached hydrogen (secondary N) is 1. The number of hydrazine groups is 1. The first-order valence-electron chi connectivity index (χ1n) is 13.9. The molecule has 6 rings (SSSR count). The number of carbonyl (C=O) groups excluding carboxylic acids is 1. The van der Waals surface area contributed by atoms with Crippen LogP contribution in [0.15, 0.2) is 24.4 Å². The van der Waals surface area contributed by atoms with Gasteiger partial charge in [-0.1, -0.05) is 6.07 Å². The minimum absolute atomic E-state index is 0.211. The second kappa shape index (κ2) is 10.9. The Morgan fingerprint density at radius 2 is 1.84 bits per heavy atom. The number of hydrogen-bond donors (Lipinski definition) is 2. The van der Waals surface area contributed by atoms with Crippen molar-refractivity contribution in [3.05, 3.63) is 41.3 Å². The fourth-order valence-electron chi connectivity index (χ4n) is 5.77. The number of aliphatic hydroxyl groups is 1. The van der Waals surface area contributed by atoms with Crippen LogP contribution >= 0.6 is 0 Å². The molecule has 0 unspecified atom stereocenters. The predicted molar refractivity (Wildman–Crippen MR) is 146 cm³/mol. The Morgan fingerprint density at radius 3 is 2.61 bits per heavy atom. The third kappa shape index (κ3) is 5.21. The lowest BCUT2D eigenvalue weighted by Gasteiger charge is -2.41. The smallest absolute Gasteiger partial charge is 0.229 e. The van der Waals surface area contributed by atoms with Gasteiger partial charge in [-0.25, -0.2) is 30.0 Å². The van der Waals surface area contributed by atoms with E-state index in [0.29, 0.717) is 11.6 Å². The summed E-state index contributed by atoms with van der Waals surface area (Å²) in [5.74, 6) is 2.25. The summed E-state index contributed by atoms with van der Waals surface area (Å²) in [5.41, 5.74) is 3.77. The average Bonchev–Trinajstić information content (AvgIpc) is 2.97. The highest BCUT2D eigenvalue weighted by atomic mass is 16.3. The fourth-order valence-corrected chi connectivity index (χ4v) is 5.77. The van der Waals surface area contributed by atoms with E-state index in [9.17, 15) is 9.90 Å². The van der Waals surface area contributed by atoms with E-state index in [2.05, 4.69) is 31.3 Å².